The van der Waals surface area contributed by atoms with Crippen LogP contribution in [0, 0.1) is 0 Å². The maximum atomic E-state index is 12.8. The van der Waals surface area contributed by atoms with Gasteiger partial charge in [0.05, 0.1) is 11.6 Å². The van der Waals surface area contributed by atoms with Crippen LogP contribution in [-0.2, 0) is 6.18 Å². The summed E-state index contributed by atoms with van der Waals surface area (Å²) in [4.78, 5) is 3.94. The zero-order valence-corrected chi connectivity index (χ0v) is 11.4. The Balaban J connectivity index is 2.42. The lowest BCUT2D eigenvalue weighted by atomic mass is 10.0. The van der Waals surface area contributed by atoms with Crippen molar-refractivity contribution in [2.75, 3.05) is 6.26 Å². The third kappa shape index (κ3) is 3.25. The van der Waals surface area contributed by atoms with Gasteiger partial charge in [-0.25, -0.2) is 4.99 Å². The molecule has 1 unspecified atom stereocenters. The van der Waals surface area contributed by atoms with Crippen molar-refractivity contribution in [3.05, 3.63) is 46.6 Å². The minimum absolute atomic E-state index is 0.0711. The van der Waals surface area contributed by atoms with E-state index in [2.05, 4.69) is 4.99 Å². The standard InChI is InChI=1S/C12H10ClF3N2S/c1-19-18-7-17-3-2-11(18)8-4-9(12(14,15)16)6-10(13)5-8/h2-7,11H,1H3. The van der Waals surface area contributed by atoms with Gasteiger partial charge in [0, 0.05) is 17.5 Å². The maximum absolute atomic E-state index is 12.8. The van der Waals surface area contributed by atoms with Gasteiger partial charge in [0.25, 0.3) is 0 Å². The van der Waals surface area contributed by atoms with Gasteiger partial charge in [-0.15, -0.1) is 0 Å². The molecule has 0 aromatic heterocycles. The number of aliphatic imine (C=N–C) groups is 1. The van der Waals surface area contributed by atoms with Crippen LogP contribution in [0.4, 0.5) is 13.2 Å². The zero-order valence-electron chi connectivity index (χ0n) is 9.86. The molecule has 0 saturated heterocycles. The Morgan fingerprint density at radius 2 is 2.05 bits per heavy atom. The number of halogens is 4. The van der Waals surface area contributed by atoms with Crippen LogP contribution in [0.1, 0.15) is 17.2 Å². The highest BCUT2D eigenvalue weighted by molar-refractivity contribution is 7.96. The Labute approximate surface area is 118 Å². The van der Waals surface area contributed by atoms with E-state index in [0.717, 1.165) is 12.1 Å². The fourth-order valence-corrected chi connectivity index (χ4v) is 2.57. The van der Waals surface area contributed by atoms with E-state index in [-0.39, 0.29) is 11.1 Å². The quantitative estimate of drug-likeness (QED) is 0.746. The number of hydrogen-bond acceptors (Lipinski definition) is 3. The maximum Gasteiger partial charge on any atom is 0.416 e. The third-order valence-corrected chi connectivity index (χ3v) is 3.57. The predicted octanol–water partition coefficient (Wildman–Crippen LogP) is 4.54. The summed E-state index contributed by atoms with van der Waals surface area (Å²) in [6, 6.07) is 3.26. The van der Waals surface area contributed by atoms with Crippen LogP contribution < -0.4 is 0 Å². The molecule has 2 rings (SSSR count). The number of nitrogens with zero attached hydrogens (tertiary/aromatic N) is 2. The van der Waals surface area contributed by atoms with E-state index in [1.807, 2.05) is 6.26 Å². The summed E-state index contributed by atoms with van der Waals surface area (Å²) < 4.78 is 40.1. The summed E-state index contributed by atoms with van der Waals surface area (Å²) in [7, 11) is 0. The highest BCUT2D eigenvalue weighted by atomic mass is 35.5. The summed E-state index contributed by atoms with van der Waals surface area (Å²) in [5, 5.41) is 0.0711. The van der Waals surface area contributed by atoms with Gasteiger partial charge in [0.2, 0.25) is 0 Å². The molecule has 102 valence electrons. The van der Waals surface area contributed by atoms with E-state index in [1.165, 1.54) is 18.0 Å². The van der Waals surface area contributed by atoms with Crippen molar-refractivity contribution in [2.45, 2.75) is 12.2 Å². The van der Waals surface area contributed by atoms with E-state index in [4.69, 9.17) is 11.6 Å². The van der Waals surface area contributed by atoms with Crippen LogP contribution >= 0.6 is 23.5 Å². The molecule has 7 heteroatoms. The van der Waals surface area contributed by atoms with Crippen LogP contribution in [0.15, 0.2) is 35.5 Å². The lowest BCUT2D eigenvalue weighted by molar-refractivity contribution is -0.137. The molecule has 0 bridgehead atoms. The predicted molar refractivity (Wildman–Crippen MR) is 72.2 cm³/mol. The van der Waals surface area contributed by atoms with Crippen molar-refractivity contribution in [2.24, 2.45) is 4.99 Å². The highest BCUT2D eigenvalue weighted by Crippen LogP contribution is 2.36. The molecule has 1 aromatic carbocycles. The normalized spacial score (nSPS) is 19.0. The Bertz CT molecular complexity index is 528. The average Bonchev–Trinajstić information content (AvgIpc) is 2.37. The summed E-state index contributed by atoms with van der Waals surface area (Å²) in [5.41, 5.74) is -0.261. The van der Waals surface area contributed by atoms with Crippen LogP contribution in [0.5, 0.6) is 0 Å². The molecule has 0 spiro atoms. The van der Waals surface area contributed by atoms with Crippen molar-refractivity contribution in [1.29, 1.82) is 0 Å². The van der Waals surface area contributed by atoms with E-state index < -0.39 is 11.7 Å². The zero-order chi connectivity index (χ0) is 14.0. The van der Waals surface area contributed by atoms with Gasteiger partial charge in [-0.1, -0.05) is 23.5 Å². The monoisotopic (exact) mass is 306 g/mol. The van der Waals surface area contributed by atoms with Gasteiger partial charge in [-0.3, -0.25) is 4.31 Å². The fourth-order valence-electron chi connectivity index (χ4n) is 1.76. The Kier molecular flexibility index (Phi) is 4.10. The summed E-state index contributed by atoms with van der Waals surface area (Å²) in [6.07, 6.45) is 2.28. The molecule has 1 atom stereocenters. The van der Waals surface area contributed by atoms with E-state index in [1.54, 1.807) is 22.9 Å². The molecule has 0 fully saturated rings. The molecule has 0 amide bonds. The van der Waals surface area contributed by atoms with Gasteiger partial charge >= 0.3 is 6.18 Å². The van der Waals surface area contributed by atoms with Gasteiger partial charge in [0.15, 0.2) is 0 Å². The topological polar surface area (TPSA) is 15.6 Å². The van der Waals surface area contributed by atoms with Crippen molar-refractivity contribution in [3.63, 3.8) is 0 Å². The minimum Gasteiger partial charge on any atom is -0.295 e. The molecule has 0 radical (unpaired) electrons. The third-order valence-electron chi connectivity index (χ3n) is 2.61. The number of hydrogen-bond donors (Lipinski definition) is 0. The average molecular weight is 307 g/mol. The van der Waals surface area contributed by atoms with Crippen LogP contribution in [-0.4, -0.2) is 16.9 Å². The molecular formula is C12H10ClF3N2S. The second-order valence-corrected chi connectivity index (χ2v) is 5.09. The van der Waals surface area contributed by atoms with Crippen LogP contribution in [0.25, 0.3) is 0 Å². The first-order valence-electron chi connectivity index (χ1n) is 5.32. The lowest BCUT2D eigenvalue weighted by Crippen LogP contribution is -2.21. The van der Waals surface area contributed by atoms with E-state index in [0.29, 0.717) is 5.56 Å². The molecule has 1 heterocycles. The Morgan fingerprint density at radius 1 is 1.32 bits per heavy atom. The molecule has 2 nitrogen and oxygen atoms in total. The second-order valence-electron chi connectivity index (χ2n) is 3.86. The lowest BCUT2D eigenvalue weighted by Gasteiger charge is -2.27. The van der Waals surface area contributed by atoms with Gasteiger partial charge in [-0.05, 0) is 29.8 Å². The van der Waals surface area contributed by atoms with Crippen molar-refractivity contribution in [3.8, 4) is 0 Å². The van der Waals surface area contributed by atoms with Crippen molar-refractivity contribution in [1.82, 2.24) is 4.31 Å². The number of alkyl halides is 3. The largest absolute Gasteiger partial charge is 0.416 e. The molecule has 1 aliphatic heterocycles. The number of rotatable bonds is 2. The van der Waals surface area contributed by atoms with Crippen molar-refractivity contribution >= 4 is 29.9 Å². The summed E-state index contributed by atoms with van der Waals surface area (Å²) >= 11 is 7.16. The first-order valence-corrected chi connectivity index (χ1v) is 6.88. The molecule has 1 aromatic rings. The second kappa shape index (κ2) is 5.46. The Morgan fingerprint density at radius 3 is 2.68 bits per heavy atom. The number of benzene rings is 1. The first kappa shape index (κ1) is 14.3. The minimum atomic E-state index is -4.41. The smallest absolute Gasteiger partial charge is 0.295 e. The molecule has 0 N–H and O–H groups in total. The summed E-state index contributed by atoms with van der Waals surface area (Å²) in [5.74, 6) is 0. The fraction of sp³-hybridized carbons (Fsp3) is 0.250. The molecule has 19 heavy (non-hydrogen) atoms. The van der Waals surface area contributed by atoms with Gasteiger partial charge < -0.3 is 0 Å². The van der Waals surface area contributed by atoms with E-state index >= 15 is 0 Å². The van der Waals surface area contributed by atoms with Crippen molar-refractivity contribution < 1.29 is 13.2 Å². The molecule has 0 saturated carbocycles. The first-order chi connectivity index (χ1) is 8.91. The molecule has 0 aliphatic carbocycles. The van der Waals surface area contributed by atoms with Gasteiger partial charge in [-0.2, -0.15) is 13.2 Å². The highest BCUT2D eigenvalue weighted by Gasteiger charge is 2.32. The van der Waals surface area contributed by atoms with Gasteiger partial charge in [0.1, 0.15) is 6.34 Å². The van der Waals surface area contributed by atoms with Crippen LogP contribution in [0.2, 0.25) is 5.02 Å². The van der Waals surface area contributed by atoms with E-state index in [9.17, 15) is 13.2 Å². The molecule has 1 aliphatic rings. The van der Waals surface area contributed by atoms with Crippen LogP contribution in [0.3, 0.4) is 0 Å². The SMILES string of the molecule is CSN1C=NC=CC1c1cc(Cl)cc(C(F)(F)F)c1. The Hall–Kier alpha value is -1.14. The summed E-state index contributed by atoms with van der Waals surface area (Å²) in [6.45, 7) is 0. The molecular weight excluding hydrogens is 297 g/mol.